The fourth-order valence-electron chi connectivity index (χ4n) is 6.81. The fraction of sp³-hybridized carbons (Fsp3) is 0.211. The van der Waals surface area contributed by atoms with E-state index in [4.69, 9.17) is 5.41 Å². The highest BCUT2D eigenvalue weighted by molar-refractivity contribution is 6.25. The van der Waals surface area contributed by atoms with Gasteiger partial charge in [0, 0.05) is 61.1 Å². The van der Waals surface area contributed by atoms with Crippen molar-refractivity contribution in [3.05, 3.63) is 103 Å². The third-order valence-corrected chi connectivity index (χ3v) is 9.50. The van der Waals surface area contributed by atoms with Crippen LogP contribution in [0.5, 0.6) is 0 Å². The number of fused-ring (bicyclic) bond motifs is 2. The van der Waals surface area contributed by atoms with Crippen molar-refractivity contribution in [2.75, 3.05) is 33.5 Å². The van der Waals surface area contributed by atoms with Crippen LogP contribution in [0.1, 0.15) is 41.7 Å². The van der Waals surface area contributed by atoms with E-state index in [1.807, 2.05) is 48.7 Å². The minimum Gasteiger partial charge on any atom is -0.387 e. The summed E-state index contributed by atoms with van der Waals surface area (Å²) in [7, 11) is 0. The number of imide groups is 1. The number of carbonyl (C=O) groups is 3. The molecule has 3 aliphatic heterocycles. The van der Waals surface area contributed by atoms with Crippen molar-refractivity contribution in [3.63, 3.8) is 0 Å². The Labute approximate surface area is 298 Å². The van der Waals surface area contributed by atoms with Crippen molar-refractivity contribution in [3.8, 4) is 0 Å². The van der Waals surface area contributed by atoms with Gasteiger partial charge in [-0.05, 0) is 67.8 Å². The van der Waals surface area contributed by atoms with Gasteiger partial charge in [0.25, 0.3) is 5.91 Å². The molecule has 5 N–H and O–H groups in total. The van der Waals surface area contributed by atoms with Crippen LogP contribution in [0.4, 0.5) is 34.5 Å². The lowest BCUT2D eigenvalue weighted by Gasteiger charge is -2.41. The third-order valence-electron chi connectivity index (χ3n) is 9.50. The number of carbonyl (C=O) groups excluding carboxylic acids is 3. The number of piperidine rings is 2. The van der Waals surface area contributed by atoms with Gasteiger partial charge >= 0.3 is 0 Å². The highest BCUT2D eigenvalue weighted by atomic mass is 16.2. The Morgan fingerprint density at radius 1 is 0.885 bits per heavy atom. The minimum absolute atomic E-state index is 0.178. The molecule has 0 bridgehead atoms. The van der Waals surface area contributed by atoms with Crippen LogP contribution >= 0.6 is 0 Å². The van der Waals surface area contributed by atoms with Crippen LogP contribution in [0.25, 0.3) is 16.6 Å². The van der Waals surface area contributed by atoms with E-state index in [1.165, 1.54) is 11.1 Å². The molecule has 0 spiro atoms. The largest absolute Gasteiger partial charge is 0.387 e. The standard InChI is InChI=1S/C38H35N11O3/c39-20-23(31-22-42-28-8-1-2-9-29(28)44-31)21-41-24-14-17-48(18-15-24)26-6-3-5-25(19-26)43-38-40-16-13-33(46-38)45-30-10-4-7-27-35(30)49(37(27)52)32-11-12-34(50)47-36(32)51/h1-10,13,16,19-22,24,32,39,41H,11-12,14-15,17-18H2,(H,47,50,51)(H2,40,43,45,46)/b23-21+,39-20?. The molecular formula is C38H35N11O3. The summed E-state index contributed by atoms with van der Waals surface area (Å²) in [5, 5.41) is 20.4. The first-order valence-corrected chi connectivity index (χ1v) is 17.1. The molecule has 260 valence electrons. The summed E-state index contributed by atoms with van der Waals surface area (Å²) < 4.78 is 0. The molecule has 0 saturated carbocycles. The lowest BCUT2D eigenvalue weighted by molar-refractivity contribution is -0.134. The van der Waals surface area contributed by atoms with Gasteiger partial charge in [-0.2, -0.15) is 4.98 Å². The molecule has 2 aromatic heterocycles. The van der Waals surface area contributed by atoms with E-state index in [1.54, 1.807) is 30.6 Å². The second-order valence-corrected chi connectivity index (χ2v) is 12.8. The number of aromatic nitrogens is 4. The van der Waals surface area contributed by atoms with E-state index in [9.17, 15) is 14.4 Å². The first kappa shape index (κ1) is 32.5. The van der Waals surface area contributed by atoms with Crippen molar-refractivity contribution >= 4 is 75.1 Å². The highest BCUT2D eigenvalue weighted by Crippen LogP contribution is 2.43. The van der Waals surface area contributed by atoms with Crippen LogP contribution in [-0.4, -0.2) is 69.0 Å². The molecule has 8 rings (SSSR count). The van der Waals surface area contributed by atoms with Gasteiger partial charge < -0.3 is 26.3 Å². The second-order valence-electron chi connectivity index (χ2n) is 12.8. The highest BCUT2D eigenvalue weighted by Gasteiger charge is 2.44. The molecule has 5 heterocycles. The van der Waals surface area contributed by atoms with E-state index in [0.29, 0.717) is 40.0 Å². The quantitative estimate of drug-likeness (QED) is 0.0989. The van der Waals surface area contributed by atoms with Gasteiger partial charge in [-0.1, -0.05) is 24.3 Å². The predicted molar refractivity (Wildman–Crippen MR) is 199 cm³/mol. The molecule has 1 unspecified atom stereocenters. The Hall–Kier alpha value is -6.70. The summed E-state index contributed by atoms with van der Waals surface area (Å²) in [5.41, 5.74) is 6.62. The number of allylic oxidation sites excluding steroid dienone is 1. The third kappa shape index (κ3) is 6.49. The summed E-state index contributed by atoms with van der Waals surface area (Å²) in [6, 6.07) is 22.4. The summed E-state index contributed by atoms with van der Waals surface area (Å²) in [6.07, 6.45) is 8.83. The molecule has 14 nitrogen and oxygen atoms in total. The Morgan fingerprint density at radius 2 is 1.71 bits per heavy atom. The van der Waals surface area contributed by atoms with E-state index in [2.05, 4.69) is 58.2 Å². The normalized spacial score (nSPS) is 17.7. The number of anilines is 6. The van der Waals surface area contributed by atoms with Crippen LogP contribution in [0.3, 0.4) is 0 Å². The zero-order valence-corrected chi connectivity index (χ0v) is 28.0. The number of rotatable bonds is 10. The molecule has 3 amide bonds. The van der Waals surface area contributed by atoms with Gasteiger partial charge in [-0.15, -0.1) is 0 Å². The Balaban J connectivity index is 0.895. The zero-order chi connectivity index (χ0) is 35.6. The van der Waals surface area contributed by atoms with Crippen molar-refractivity contribution < 1.29 is 14.4 Å². The number of hydrogen-bond donors (Lipinski definition) is 5. The maximum Gasteiger partial charge on any atom is 0.261 e. The van der Waals surface area contributed by atoms with Gasteiger partial charge in [0.2, 0.25) is 17.8 Å². The lowest BCUT2D eigenvalue weighted by Crippen LogP contribution is -2.58. The maximum absolute atomic E-state index is 12.9. The number of amides is 3. The van der Waals surface area contributed by atoms with E-state index >= 15 is 0 Å². The molecule has 2 fully saturated rings. The molecule has 14 heteroatoms. The molecule has 5 aromatic rings. The zero-order valence-electron chi connectivity index (χ0n) is 28.0. The molecular weight excluding hydrogens is 658 g/mol. The SMILES string of the molecule is N=C/C(=C\NC1CCN(c2cccc(Nc3nccc(Nc4cccc5c4N(C4CCC(=O)NC4=O)C5=O)n3)c2)CC1)c1cnc2ccccc2n1. The average molecular weight is 694 g/mol. The second kappa shape index (κ2) is 13.9. The van der Waals surface area contributed by atoms with Gasteiger partial charge in [-0.3, -0.25) is 29.6 Å². The summed E-state index contributed by atoms with van der Waals surface area (Å²) >= 11 is 0. The Bertz CT molecular complexity index is 2250. The monoisotopic (exact) mass is 693 g/mol. The van der Waals surface area contributed by atoms with Crippen molar-refractivity contribution in [2.45, 2.75) is 37.8 Å². The number of hydrogen-bond acceptors (Lipinski definition) is 12. The van der Waals surface area contributed by atoms with Gasteiger partial charge in [0.1, 0.15) is 11.9 Å². The number of para-hydroxylation sites is 3. The maximum atomic E-state index is 12.9. The van der Waals surface area contributed by atoms with E-state index in [-0.39, 0.29) is 30.7 Å². The first-order chi connectivity index (χ1) is 25.4. The van der Waals surface area contributed by atoms with Crippen molar-refractivity contribution in [2.24, 2.45) is 0 Å². The minimum atomic E-state index is -0.744. The Kier molecular flexibility index (Phi) is 8.69. The van der Waals surface area contributed by atoms with Crippen molar-refractivity contribution in [1.82, 2.24) is 30.6 Å². The van der Waals surface area contributed by atoms with Crippen LogP contribution in [0, 0.1) is 5.41 Å². The fourth-order valence-corrected chi connectivity index (χ4v) is 6.81. The van der Waals surface area contributed by atoms with Gasteiger partial charge in [0.15, 0.2) is 0 Å². The molecule has 1 atom stereocenters. The number of benzene rings is 3. The molecule has 3 aliphatic rings. The Morgan fingerprint density at radius 3 is 2.54 bits per heavy atom. The summed E-state index contributed by atoms with van der Waals surface area (Å²) in [6.45, 7) is 1.72. The summed E-state index contributed by atoms with van der Waals surface area (Å²) in [5.74, 6) is -0.156. The summed E-state index contributed by atoms with van der Waals surface area (Å²) in [4.78, 5) is 59.2. The van der Waals surface area contributed by atoms with Crippen molar-refractivity contribution in [1.29, 1.82) is 5.41 Å². The number of nitrogens with one attached hydrogen (secondary N) is 5. The van der Waals surface area contributed by atoms with Gasteiger partial charge in [-0.25, -0.2) is 9.97 Å². The molecule has 0 aliphatic carbocycles. The van der Waals surface area contributed by atoms with Crippen LogP contribution in [0.2, 0.25) is 0 Å². The van der Waals surface area contributed by atoms with E-state index in [0.717, 1.165) is 48.3 Å². The van der Waals surface area contributed by atoms with Gasteiger partial charge in [0.05, 0.1) is 39.9 Å². The van der Waals surface area contributed by atoms with Crippen LogP contribution < -0.4 is 31.1 Å². The molecule has 52 heavy (non-hydrogen) atoms. The molecule has 3 aromatic carbocycles. The molecule has 0 radical (unpaired) electrons. The van der Waals surface area contributed by atoms with E-state index < -0.39 is 11.9 Å². The average Bonchev–Trinajstić information content (AvgIpc) is 3.16. The first-order valence-electron chi connectivity index (χ1n) is 17.1. The number of nitrogens with zero attached hydrogens (tertiary/aromatic N) is 6. The molecule has 2 saturated heterocycles. The topological polar surface area (TPSA) is 181 Å². The van der Waals surface area contributed by atoms with Crippen LogP contribution in [0.15, 0.2) is 91.4 Å². The lowest BCUT2D eigenvalue weighted by atomic mass is 9.94. The van der Waals surface area contributed by atoms with Crippen LogP contribution in [-0.2, 0) is 9.59 Å². The predicted octanol–water partition coefficient (Wildman–Crippen LogP) is 4.92. The smallest absolute Gasteiger partial charge is 0.261 e.